The molecule has 2 aromatic rings. The fourth-order valence-corrected chi connectivity index (χ4v) is 1.88. The number of rotatable bonds is 5. The Labute approximate surface area is 120 Å². The highest BCUT2D eigenvalue weighted by atomic mass is 35.5. The van der Waals surface area contributed by atoms with E-state index < -0.39 is 5.82 Å². The molecule has 0 aliphatic heterocycles. The van der Waals surface area contributed by atoms with Crippen LogP contribution in [0.1, 0.15) is 5.56 Å². The van der Waals surface area contributed by atoms with Gasteiger partial charge in [0.1, 0.15) is 5.82 Å². The van der Waals surface area contributed by atoms with Gasteiger partial charge in [-0.25, -0.2) is 9.07 Å². The van der Waals surface area contributed by atoms with Crippen LogP contribution in [0.15, 0.2) is 35.3 Å². The van der Waals surface area contributed by atoms with Crippen LogP contribution in [0.2, 0.25) is 5.02 Å². The van der Waals surface area contributed by atoms with Crippen LogP contribution in [0.25, 0.3) is 0 Å². The zero-order chi connectivity index (χ0) is 14.5. The van der Waals surface area contributed by atoms with Gasteiger partial charge in [0.25, 0.3) is 5.56 Å². The summed E-state index contributed by atoms with van der Waals surface area (Å²) in [5.41, 5.74) is 6.43. The van der Waals surface area contributed by atoms with E-state index in [0.717, 1.165) is 0 Å². The van der Waals surface area contributed by atoms with Crippen molar-refractivity contribution in [2.24, 2.45) is 5.73 Å². The van der Waals surface area contributed by atoms with E-state index >= 15 is 0 Å². The molecule has 0 bridgehead atoms. The summed E-state index contributed by atoms with van der Waals surface area (Å²) in [5, 5.41) is 7.04. The van der Waals surface area contributed by atoms with Gasteiger partial charge in [0, 0.05) is 19.2 Å². The molecule has 0 amide bonds. The Kier molecular flexibility index (Phi) is 4.70. The predicted molar refractivity (Wildman–Crippen MR) is 76.6 cm³/mol. The maximum absolute atomic E-state index is 13.1. The maximum atomic E-state index is 13.1. The molecule has 20 heavy (non-hydrogen) atoms. The first-order chi connectivity index (χ1) is 9.60. The topological polar surface area (TPSA) is 72.9 Å². The van der Waals surface area contributed by atoms with E-state index in [1.807, 2.05) is 0 Å². The summed E-state index contributed by atoms with van der Waals surface area (Å²) in [6, 6.07) is 5.75. The largest absolute Gasteiger partial charge is 0.382 e. The van der Waals surface area contributed by atoms with Crippen LogP contribution in [-0.2, 0) is 6.54 Å². The fraction of sp³-hybridized carbons (Fsp3) is 0.231. The lowest BCUT2D eigenvalue weighted by molar-refractivity contribution is 0.619. The lowest BCUT2D eigenvalue weighted by Gasteiger charge is -2.08. The monoisotopic (exact) mass is 296 g/mol. The van der Waals surface area contributed by atoms with E-state index in [-0.39, 0.29) is 17.1 Å². The SMILES string of the molecule is NCCNc1cnn(Cc2ccc(F)c(Cl)c2)c(=O)c1. The van der Waals surface area contributed by atoms with Crippen molar-refractivity contribution in [3.8, 4) is 0 Å². The van der Waals surface area contributed by atoms with Gasteiger partial charge < -0.3 is 11.1 Å². The molecule has 1 heterocycles. The second-order valence-corrected chi connectivity index (χ2v) is 4.61. The first-order valence-corrected chi connectivity index (χ1v) is 6.43. The van der Waals surface area contributed by atoms with Crippen LogP contribution in [0.4, 0.5) is 10.1 Å². The maximum Gasteiger partial charge on any atom is 0.269 e. The van der Waals surface area contributed by atoms with Gasteiger partial charge in [0.05, 0.1) is 23.5 Å². The predicted octanol–water partition coefficient (Wildman–Crippen LogP) is 1.45. The van der Waals surface area contributed by atoms with Crippen LogP contribution >= 0.6 is 11.6 Å². The Balaban J connectivity index is 2.17. The van der Waals surface area contributed by atoms with Crippen LogP contribution in [0, 0.1) is 5.82 Å². The average Bonchev–Trinajstić information content (AvgIpc) is 2.43. The van der Waals surface area contributed by atoms with Gasteiger partial charge in [-0.1, -0.05) is 17.7 Å². The first kappa shape index (κ1) is 14.5. The van der Waals surface area contributed by atoms with Crippen molar-refractivity contribution >= 4 is 17.3 Å². The highest BCUT2D eigenvalue weighted by molar-refractivity contribution is 6.30. The molecule has 7 heteroatoms. The molecule has 1 aromatic heterocycles. The summed E-state index contributed by atoms with van der Waals surface area (Å²) < 4.78 is 14.3. The van der Waals surface area contributed by atoms with Crippen molar-refractivity contribution in [2.45, 2.75) is 6.54 Å². The van der Waals surface area contributed by atoms with Crippen molar-refractivity contribution in [3.05, 3.63) is 57.2 Å². The van der Waals surface area contributed by atoms with Gasteiger partial charge in [-0.3, -0.25) is 4.79 Å². The third kappa shape index (κ3) is 3.55. The van der Waals surface area contributed by atoms with E-state index in [9.17, 15) is 9.18 Å². The van der Waals surface area contributed by atoms with Crippen LogP contribution in [0.3, 0.4) is 0 Å². The smallest absolute Gasteiger partial charge is 0.269 e. The Morgan fingerprint density at radius 1 is 1.40 bits per heavy atom. The number of benzene rings is 1. The quantitative estimate of drug-likeness (QED) is 0.876. The van der Waals surface area contributed by atoms with E-state index in [2.05, 4.69) is 10.4 Å². The Hall–Kier alpha value is -1.92. The summed E-state index contributed by atoms with van der Waals surface area (Å²) in [4.78, 5) is 11.9. The van der Waals surface area contributed by atoms with Crippen molar-refractivity contribution in [3.63, 3.8) is 0 Å². The van der Waals surface area contributed by atoms with Crippen LogP contribution in [-0.4, -0.2) is 22.9 Å². The summed E-state index contributed by atoms with van der Waals surface area (Å²) >= 11 is 5.70. The number of nitrogens with two attached hydrogens (primary N) is 1. The number of anilines is 1. The second-order valence-electron chi connectivity index (χ2n) is 4.20. The minimum Gasteiger partial charge on any atom is -0.382 e. The number of aromatic nitrogens is 2. The van der Waals surface area contributed by atoms with E-state index in [0.29, 0.717) is 24.3 Å². The van der Waals surface area contributed by atoms with Crippen LogP contribution in [0.5, 0.6) is 0 Å². The molecule has 0 saturated carbocycles. The molecule has 0 aliphatic rings. The molecule has 0 aliphatic carbocycles. The average molecular weight is 297 g/mol. The van der Waals surface area contributed by atoms with E-state index in [4.69, 9.17) is 17.3 Å². The molecule has 2 rings (SSSR count). The fourth-order valence-electron chi connectivity index (χ4n) is 1.68. The zero-order valence-corrected chi connectivity index (χ0v) is 11.4. The number of halogens is 2. The molecule has 0 saturated heterocycles. The molecule has 0 unspecified atom stereocenters. The molecule has 1 aromatic carbocycles. The lowest BCUT2D eigenvalue weighted by Crippen LogP contribution is -2.24. The Morgan fingerprint density at radius 2 is 2.20 bits per heavy atom. The summed E-state index contributed by atoms with van der Waals surface area (Å²) in [7, 11) is 0. The van der Waals surface area contributed by atoms with Crippen LogP contribution < -0.4 is 16.6 Å². The molecule has 3 N–H and O–H groups in total. The van der Waals surface area contributed by atoms with E-state index in [1.165, 1.54) is 22.9 Å². The third-order valence-corrected chi connectivity index (χ3v) is 2.95. The summed E-state index contributed by atoms with van der Waals surface area (Å²) in [6.07, 6.45) is 1.54. The van der Waals surface area contributed by atoms with Gasteiger partial charge in [-0.2, -0.15) is 5.10 Å². The van der Waals surface area contributed by atoms with Gasteiger partial charge in [0.15, 0.2) is 0 Å². The number of nitrogens with one attached hydrogen (secondary N) is 1. The van der Waals surface area contributed by atoms with Gasteiger partial charge >= 0.3 is 0 Å². The molecule has 0 fully saturated rings. The molecular formula is C13H14ClFN4O. The van der Waals surface area contributed by atoms with Gasteiger partial charge in [-0.05, 0) is 17.7 Å². The number of hydrogen-bond acceptors (Lipinski definition) is 4. The molecule has 0 radical (unpaired) electrons. The first-order valence-electron chi connectivity index (χ1n) is 6.05. The molecular weight excluding hydrogens is 283 g/mol. The lowest BCUT2D eigenvalue weighted by atomic mass is 10.2. The molecule has 0 spiro atoms. The molecule has 5 nitrogen and oxygen atoms in total. The highest BCUT2D eigenvalue weighted by Gasteiger charge is 2.04. The molecule has 106 valence electrons. The minimum absolute atomic E-state index is 0.0248. The van der Waals surface area contributed by atoms with Gasteiger partial charge in [0.2, 0.25) is 0 Å². The summed E-state index contributed by atoms with van der Waals surface area (Å²) in [6.45, 7) is 1.27. The minimum atomic E-state index is -0.489. The van der Waals surface area contributed by atoms with E-state index in [1.54, 1.807) is 12.3 Å². The van der Waals surface area contributed by atoms with Crippen molar-refractivity contribution in [2.75, 3.05) is 18.4 Å². The molecule has 0 atom stereocenters. The van der Waals surface area contributed by atoms with Gasteiger partial charge in [-0.15, -0.1) is 0 Å². The van der Waals surface area contributed by atoms with Crippen molar-refractivity contribution in [1.82, 2.24) is 9.78 Å². The number of hydrogen-bond donors (Lipinski definition) is 2. The standard InChI is InChI=1S/C13H14ClFN4O/c14-11-5-9(1-2-12(11)15)8-19-13(20)6-10(7-18-19)17-4-3-16/h1-2,5-7,17H,3-4,8,16H2. The zero-order valence-electron chi connectivity index (χ0n) is 10.6. The Bertz CT molecular complexity index is 659. The third-order valence-electron chi connectivity index (χ3n) is 2.66. The van der Waals surface area contributed by atoms with Crippen molar-refractivity contribution in [1.29, 1.82) is 0 Å². The van der Waals surface area contributed by atoms with Crippen molar-refractivity contribution < 1.29 is 4.39 Å². The highest BCUT2D eigenvalue weighted by Crippen LogP contribution is 2.16. The summed E-state index contributed by atoms with van der Waals surface area (Å²) in [5.74, 6) is -0.489. The number of nitrogens with zero attached hydrogens (tertiary/aromatic N) is 2. The normalized spacial score (nSPS) is 10.6. The second kappa shape index (κ2) is 6.49. The Morgan fingerprint density at radius 3 is 2.85 bits per heavy atom.